The molecule has 11 heteroatoms. The lowest BCUT2D eigenvalue weighted by Crippen LogP contribution is -2.58. The van der Waals surface area contributed by atoms with E-state index in [0.717, 1.165) is 64.8 Å². The molecule has 1 aliphatic carbocycles. The average molecular weight is 893 g/mol. The van der Waals surface area contributed by atoms with Gasteiger partial charge in [0.15, 0.2) is 23.2 Å². The highest BCUT2D eigenvalue weighted by Crippen LogP contribution is 2.48. The van der Waals surface area contributed by atoms with Gasteiger partial charge >= 0.3 is 0 Å². The van der Waals surface area contributed by atoms with E-state index < -0.39 is 41.5 Å². The minimum Gasteiger partial charge on any atom is -0.497 e. The SMILES string of the molecule is COc1ccc(C(Nc2ncnc3c2ncn3[C@@H]2O[C@H](C(O)C(c3ccccc3)(c3ccccc3)c3ccc(OC)cc3)C(NC3CCCCC3)[C@H]2O)(c2ccccc2)c2ccccc2)cc1. The summed E-state index contributed by atoms with van der Waals surface area (Å²) in [6.07, 6.45) is 4.23. The number of aliphatic hydroxyl groups excluding tert-OH is 2. The number of benzene rings is 6. The molecular weight excluding hydrogens is 837 g/mol. The molecule has 5 atom stereocenters. The van der Waals surface area contributed by atoms with Crippen molar-refractivity contribution < 1.29 is 24.4 Å². The van der Waals surface area contributed by atoms with Crippen LogP contribution in [0.15, 0.2) is 183 Å². The van der Waals surface area contributed by atoms with E-state index in [-0.39, 0.29) is 6.04 Å². The summed E-state index contributed by atoms with van der Waals surface area (Å²) >= 11 is 0. The molecule has 2 fully saturated rings. The highest BCUT2D eigenvalue weighted by Gasteiger charge is 2.56. The molecule has 1 aliphatic heterocycles. The third kappa shape index (κ3) is 8.01. The number of imidazole rings is 1. The molecule has 2 aromatic heterocycles. The monoisotopic (exact) mass is 892 g/mol. The van der Waals surface area contributed by atoms with E-state index in [9.17, 15) is 10.2 Å². The van der Waals surface area contributed by atoms with Crippen molar-refractivity contribution in [3.63, 3.8) is 0 Å². The Morgan fingerprint density at radius 2 is 1.09 bits per heavy atom. The summed E-state index contributed by atoms with van der Waals surface area (Å²) in [4.78, 5) is 14.6. The zero-order chi connectivity index (χ0) is 45.8. The molecule has 8 aromatic rings. The highest BCUT2D eigenvalue weighted by atomic mass is 16.5. The Kier molecular flexibility index (Phi) is 12.6. The summed E-state index contributed by atoms with van der Waals surface area (Å²) in [5.41, 5.74) is 4.41. The molecule has 67 heavy (non-hydrogen) atoms. The smallest absolute Gasteiger partial charge is 0.167 e. The molecule has 4 N–H and O–H groups in total. The van der Waals surface area contributed by atoms with Crippen LogP contribution in [0.4, 0.5) is 5.82 Å². The van der Waals surface area contributed by atoms with Crippen molar-refractivity contribution in [2.75, 3.05) is 19.5 Å². The lowest BCUT2D eigenvalue weighted by Gasteiger charge is -2.44. The van der Waals surface area contributed by atoms with E-state index in [2.05, 4.69) is 71.3 Å². The van der Waals surface area contributed by atoms with Gasteiger partial charge in [-0.05, 0) is 70.5 Å². The molecule has 2 unspecified atom stereocenters. The van der Waals surface area contributed by atoms with E-state index in [1.807, 2.05) is 109 Å². The quantitative estimate of drug-likeness (QED) is 0.0738. The molecule has 0 spiro atoms. The van der Waals surface area contributed by atoms with Crippen LogP contribution in [0.25, 0.3) is 11.2 Å². The molecule has 1 saturated carbocycles. The van der Waals surface area contributed by atoms with Gasteiger partial charge in [0.05, 0.1) is 38.1 Å². The van der Waals surface area contributed by atoms with E-state index >= 15 is 0 Å². The van der Waals surface area contributed by atoms with Gasteiger partial charge in [-0.25, -0.2) is 15.0 Å². The van der Waals surface area contributed by atoms with Gasteiger partial charge < -0.3 is 35.1 Å². The first-order valence-electron chi connectivity index (χ1n) is 23.2. The minimum absolute atomic E-state index is 0.133. The zero-order valence-corrected chi connectivity index (χ0v) is 37.7. The number of anilines is 1. The van der Waals surface area contributed by atoms with Crippen molar-refractivity contribution in [2.24, 2.45) is 0 Å². The van der Waals surface area contributed by atoms with Crippen LogP contribution in [-0.4, -0.2) is 74.3 Å². The first kappa shape index (κ1) is 44.0. The van der Waals surface area contributed by atoms with E-state index in [1.165, 1.54) is 12.7 Å². The molecule has 0 bridgehead atoms. The first-order chi connectivity index (χ1) is 32.9. The number of aliphatic hydroxyl groups is 2. The molecule has 340 valence electrons. The lowest BCUT2D eigenvalue weighted by molar-refractivity contribution is -0.0880. The molecule has 6 aromatic carbocycles. The van der Waals surface area contributed by atoms with Gasteiger partial charge in [-0.2, -0.15) is 0 Å². The Labute approximate surface area is 391 Å². The van der Waals surface area contributed by atoms with Crippen molar-refractivity contribution in [3.05, 3.63) is 216 Å². The number of hydrogen-bond acceptors (Lipinski definition) is 10. The fourth-order valence-electron chi connectivity index (χ4n) is 10.7. The maximum absolute atomic E-state index is 13.5. The topological polar surface area (TPSA) is 136 Å². The Balaban J connectivity index is 1.10. The number of ether oxygens (including phenoxy) is 3. The van der Waals surface area contributed by atoms with Crippen LogP contribution >= 0.6 is 0 Å². The van der Waals surface area contributed by atoms with Crippen molar-refractivity contribution >= 4 is 17.0 Å². The molecule has 3 heterocycles. The van der Waals surface area contributed by atoms with Crippen LogP contribution < -0.4 is 20.1 Å². The fourth-order valence-corrected chi connectivity index (χ4v) is 10.7. The molecule has 2 aliphatic rings. The predicted octanol–water partition coefficient (Wildman–Crippen LogP) is 9.19. The number of nitrogens with zero attached hydrogens (tertiary/aromatic N) is 4. The average Bonchev–Trinajstić information content (AvgIpc) is 3.98. The van der Waals surface area contributed by atoms with Crippen molar-refractivity contribution in [2.45, 2.75) is 79.7 Å². The molecule has 10 rings (SSSR count). The number of rotatable bonds is 15. The number of fused-ring (bicyclic) bond motifs is 1. The van der Waals surface area contributed by atoms with E-state index in [1.54, 1.807) is 25.1 Å². The van der Waals surface area contributed by atoms with Gasteiger partial charge in [-0.3, -0.25) is 4.57 Å². The highest BCUT2D eigenvalue weighted by molar-refractivity contribution is 5.84. The summed E-state index contributed by atoms with van der Waals surface area (Å²) in [6.45, 7) is 0. The van der Waals surface area contributed by atoms with E-state index in [0.29, 0.717) is 22.7 Å². The Hall–Kier alpha value is -6.89. The van der Waals surface area contributed by atoms with Gasteiger partial charge in [0.2, 0.25) is 0 Å². The number of nitrogens with one attached hydrogen (secondary N) is 2. The van der Waals surface area contributed by atoms with Crippen LogP contribution in [0.1, 0.15) is 71.7 Å². The second kappa shape index (κ2) is 19.1. The van der Waals surface area contributed by atoms with Crippen molar-refractivity contribution in [1.29, 1.82) is 0 Å². The Bertz CT molecular complexity index is 2760. The van der Waals surface area contributed by atoms with Crippen LogP contribution in [0.3, 0.4) is 0 Å². The molecular formula is C56H56N6O5. The van der Waals surface area contributed by atoms with Gasteiger partial charge in [0.25, 0.3) is 0 Å². The summed E-state index contributed by atoms with van der Waals surface area (Å²) < 4.78 is 20.2. The molecule has 1 saturated heterocycles. The van der Waals surface area contributed by atoms with Crippen LogP contribution in [0, 0.1) is 0 Å². The minimum atomic E-state index is -1.21. The number of hydrogen-bond donors (Lipinski definition) is 4. The Morgan fingerprint density at radius 1 is 0.612 bits per heavy atom. The first-order valence-corrected chi connectivity index (χ1v) is 23.2. The number of aromatic nitrogens is 4. The fraction of sp³-hybridized carbons (Fsp3) is 0.268. The molecule has 0 amide bonds. The Morgan fingerprint density at radius 3 is 1.61 bits per heavy atom. The van der Waals surface area contributed by atoms with Crippen LogP contribution in [-0.2, 0) is 15.7 Å². The lowest BCUT2D eigenvalue weighted by atomic mass is 9.64. The van der Waals surface area contributed by atoms with Crippen molar-refractivity contribution in [3.8, 4) is 11.5 Å². The maximum Gasteiger partial charge on any atom is 0.167 e. The van der Waals surface area contributed by atoms with Gasteiger partial charge in [0.1, 0.15) is 35.6 Å². The summed E-state index contributed by atoms with van der Waals surface area (Å²) in [6, 6.07) is 56.1. The summed E-state index contributed by atoms with van der Waals surface area (Å²) in [7, 11) is 3.31. The number of methoxy groups -OCH3 is 2. The zero-order valence-electron chi connectivity index (χ0n) is 37.7. The second-order valence-electron chi connectivity index (χ2n) is 17.6. The van der Waals surface area contributed by atoms with Gasteiger partial charge in [-0.1, -0.05) is 165 Å². The van der Waals surface area contributed by atoms with E-state index in [4.69, 9.17) is 29.2 Å². The normalized spacial score (nSPS) is 19.5. The third-order valence-electron chi connectivity index (χ3n) is 14.0. The summed E-state index contributed by atoms with van der Waals surface area (Å²) in [5, 5.41) is 34.1. The summed E-state index contributed by atoms with van der Waals surface area (Å²) in [5.74, 6) is 1.93. The maximum atomic E-state index is 13.5. The predicted molar refractivity (Wildman–Crippen MR) is 260 cm³/mol. The molecule has 11 nitrogen and oxygen atoms in total. The van der Waals surface area contributed by atoms with Gasteiger partial charge in [-0.15, -0.1) is 0 Å². The second-order valence-corrected chi connectivity index (χ2v) is 17.6. The molecule has 0 radical (unpaired) electrons. The third-order valence-corrected chi connectivity index (χ3v) is 14.0. The standard InChI is InChI=1S/C56H56N6O5/c1-65-45-32-28-40(29-33-45)55(38-18-8-3-9-19-38,39-20-10-4-11-21-39)51(64)50-47(60-44-26-16-7-17-27-44)49(63)54(67-50)62-37-59-48-52(57-36-58-53(48)62)61-56(41-22-12-5-13-23-41,42-24-14-6-15-25-42)43-30-34-46(66-2)35-31-43/h3-6,8-15,18-25,28-37,44,47,49-51,54,60,63-64H,7,16-17,26-27H2,1-2H3,(H,57,58,61)/t47?,49-,50+,51?,54-/m1/s1. The van der Waals surface area contributed by atoms with Gasteiger partial charge in [0, 0.05) is 6.04 Å². The largest absolute Gasteiger partial charge is 0.497 e. The van der Waals surface area contributed by atoms with Crippen molar-refractivity contribution in [1.82, 2.24) is 24.8 Å². The van der Waals surface area contributed by atoms with Crippen LogP contribution in [0.2, 0.25) is 0 Å². The van der Waals surface area contributed by atoms with Crippen LogP contribution in [0.5, 0.6) is 11.5 Å².